The van der Waals surface area contributed by atoms with E-state index in [1.54, 1.807) is 19.9 Å². The molecule has 12 heteroatoms. The smallest absolute Gasteiger partial charge is 0.331 e. The van der Waals surface area contributed by atoms with Crippen molar-refractivity contribution in [3.05, 3.63) is 11.6 Å². The second-order valence-corrected chi connectivity index (χ2v) is 8.65. The zero-order valence-corrected chi connectivity index (χ0v) is 20.8. The summed E-state index contributed by atoms with van der Waals surface area (Å²) in [6.07, 6.45) is -2.88. The highest BCUT2D eigenvalue weighted by atomic mass is 16.7. The minimum Gasteiger partial charge on any atom is -0.462 e. The molecule has 1 fully saturated rings. The van der Waals surface area contributed by atoms with Crippen LogP contribution < -0.4 is 0 Å². The van der Waals surface area contributed by atoms with Gasteiger partial charge in [-0.25, -0.2) is 4.79 Å². The van der Waals surface area contributed by atoms with Crippen LogP contribution in [0.2, 0.25) is 0 Å². The quantitative estimate of drug-likeness (QED) is 0.207. The summed E-state index contributed by atoms with van der Waals surface area (Å²) < 4.78 is 27.8. The van der Waals surface area contributed by atoms with E-state index in [1.807, 2.05) is 0 Å². The summed E-state index contributed by atoms with van der Waals surface area (Å²) in [5.41, 5.74) is 0.124. The maximum atomic E-state index is 12.1. The van der Waals surface area contributed by atoms with Crippen LogP contribution in [-0.2, 0) is 52.5 Å². The van der Waals surface area contributed by atoms with Gasteiger partial charge in [0.05, 0.1) is 11.3 Å². The molecule has 0 aromatic carbocycles. The summed E-state index contributed by atoms with van der Waals surface area (Å²) in [6, 6.07) is 0. The second kappa shape index (κ2) is 11.4. The lowest BCUT2D eigenvalue weighted by Crippen LogP contribution is -2.63. The topological polar surface area (TPSA) is 153 Å². The molecule has 1 heterocycles. The number of nitrogens with zero attached hydrogens (tertiary/aromatic N) is 1. The van der Waals surface area contributed by atoms with E-state index in [1.165, 1.54) is 20.8 Å². The average molecular weight is 497 g/mol. The van der Waals surface area contributed by atoms with Gasteiger partial charge in [-0.05, 0) is 31.9 Å². The molecule has 2 aliphatic rings. The van der Waals surface area contributed by atoms with Gasteiger partial charge in [-0.2, -0.15) is 0 Å². The van der Waals surface area contributed by atoms with Crippen LogP contribution in [0.1, 0.15) is 54.9 Å². The molecule has 0 radical (unpaired) electrons. The van der Waals surface area contributed by atoms with Crippen LogP contribution in [0, 0.1) is 5.92 Å². The van der Waals surface area contributed by atoms with Crippen molar-refractivity contribution in [2.24, 2.45) is 11.1 Å². The molecule has 6 atom stereocenters. The Morgan fingerprint density at radius 3 is 2.14 bits per heavy atom. The Morgan fingerprint density at radius 2 is 1.63 bits per heavy atom. The number of oxime groups is 1. The maximum Gasteiger partial charge on any atom is 0.331 e. The van der Waals surface area contributed by atoms with Crippen LogP contribution in [0.25, 0.3) is 0 Å². The van der Waals surface area contributed by atoms with E-state index in [4.69, 9.17) is 28.5 Å². The van der Waals surface area contributed by atoms with E-state index in [2.05, 4.69) is 5.16 Å². The van der Waals surface area contributed by atoms with Gasteiger partial charge >= 0.3 is 29.8 Å². The highest BCUT2D eigenvalue weighted by molar-refractivity contribution is 5.99. The number of esters is 4. The van der Waals surface area contributed by atoms with Crippen molar-refractivity contribution >= 4 is 35.6 Å². The van der Waals surface area contributed by atoms with E-state index in [0.29, 0.717) is 12.1 Å². The zero-order valence-electron chi connectivity index (χ0n) is 20.8. The van der Waals surface area contributed by atoms with Crippen LogP contribution in [0.3, 0.4) is 0 Å². The standard InChI is InChI=1S/C23H31NO11/c1-11-8-18(24-35-16(6)29)17-9-23(11,7)34-22(20(17)32-14(4)27)21(33-15(5)28)19(31-13(3)26)10-30-12(2)25/h8,17,19-22H,9-10H2,1-7H3/t17-,19+,20-,21-,22+,23+/m0/s1. The lowest BCUT2D eigenvalue weighted by atomic mass is 9.71. The summed E-state index contributed by atoms with van der Waals surface area (Å²) in [5.74, 6) is -4.03. The van der Waals surface area contributed by atoms with Crippen molar-refractivity contribution in [1.82, 2.24) is 0 Å². The average Bonchev–Trinajstić information content (AvgIpc) is 2.72. The molecule has 0 aromatic heterocycles. The van der Waals surface area contributed by atoms with Crippen LogP contribution in [0.5, 0.6) is 0 Å². The zero-order chi connectivity index (χ0) is 26.5. The van der Waals surface area contributed by atoms with Gasteiger partial charge in [0.25, 0.3) is 0 Å². The van der Waals surface area contributed by atoms with Gasteiger partial charge in [0.1, 0.15) is 18.8 Å². The van der Waals surface area contributed by atoms with Gasteiger partial charge in [0.2, 0.25) is 0 Å². The Balaban J connectivity index is 2.62. The first kappa shape index (κ1) is 28.0. The summed E-state index contributed by atoms with van der Waals surface area (Å²) in [6.45, 7) is 8.99. The van der Waals surface area contributed by atoms with Crippen molar-refractivity contribution in [3.8, 4) is 0 Å². The molecule has 0 spiro atoms. The second-order valence-electron chi connectivity index (χ2n) is 8.65. The summed E-state index contributed by atoms with van der Waals surface area (Å²) in [4.78, 5) is 63.6. The number of allylic oxidation sites excluding steroid dienone is 1. The van der Waals surface area contributed by atoms with E-state index in [0.717, 1.165) is 19.4 Å². The van der Waals surface area contributed by atoms with Crippen molar-refractivity contribution in [2.45, 2.75) is 84.9 Å². The first-order chi connectivity index (χ1) is 16.2. The van der Waals surface area contributed by atoms with Gasteiger partial charge < -0.3 is 28.5 Å². The molecule has 2 bridgehead atoms. The molecule has 0 amide bonds. The summed E-state index contributed by atoms with van der Waals surface area (Å²) in [7, 11) is 0. The Labute approximate surface area is 202 Å². The van der Waals surface area contributed by atoms with Gasteiger partial charge in [0, 0.05) is 40.5 Å². The largest absolute Gasteiger partial charge is 0.462 e. The third-order valence-electron chi connectivity index (χ3n) is 5.65. The Morgan fingerprint density at radius 1 is 1.00 bits per heavy atom. The molecule has 194 valence electrons. The number of rotatable bonds is 8. The fraction of sp³-hybridized carbons (Fsp3) is 0.652. The SMILES string of the molecule is CC(=O)OC[C@@H](OC(C)=O)[C@H](OC(C)=O)[C@@H]1O[C@]2(C)C[C@@H](C(=NOC(C)=O)C=C2C)[C@@H]1OC(C)=O. The molecule has 0 aromatic rings. The predicted molar refractivity (Wildman–Crippen MR) is 118 cm³/mol. The molecular weight excluding hydrogens is 466 g/mol. The van der Waals surface area contributed by atoms with Crippen molar-refractivity contribution < 1.29 is 52.5 Å². The molecular formula is C23H31NO11. The Bertz CT molecular complexity index is 940. The van der Waals surface area contributed by atoms with E-state index in [-0.39, 0.29) is 0 Å². The van der Waals surface area contributed by atoms with Crippen molar-refractivity contribution in [1.29, 1.82) is 0 Å². The normalized spacial score (nSPS) is 28.1. The van der Waals surface area contributed by atoms with Gasteiger partial charge in [0.15, 0.2) is 12.2 Å². The predicted octanol–water partition coefficient (Wildman–Crippen LogP) is 1.39. The lowest BCUT2D eigenvalue weighted by Gasteiger charge is -2.51. The van der Waals surface area contributed by atoms with Crippen LogP contribution >= 0.6 is 0 Å². The first-order valence-corrected chi connectivity index (χ1v) is 11.0. The monoisotopic (exact) mass is 497 g/mol. The number of hydrogen-bond acceptors (Lipinski definition) is 12. The number of ether oxygens (including phenoxy) is 5. The van der Waals surface area contributed by atoms with E-state index < -0.39 is 72.4 Å². The lowest BCUT2D eigenvalue weighted by molar-refractivity contribution is -0.237. The molecule has 1 saturated heterocycles. The van der Waals surface area contributed by atoms with Crippen LogP contribution in [0.4, 0.5) is 0 Å². The van der Waals surface area contributed by atoms with Crippen LogP contribution in [-0.4, -0.2) is 72.2 Å². The van der Waals surface area contributed by atoms with Gasteiger partial charge in [-0.3, -0.25) is 19.2 Å². The Hall–Kier alpha value is -3.28. The highest BCUT2D eigenvalue weighted by Crippen LogP contribution is 2.45. The molecule has 12 nitrogen and oxygen atoms in total. The molecule has 0 unspecified atom stereocenters. The first-order valence-electron chi connectivity index (χ1n) is 11.0. The fourth-order valence-corrected chi connectivity index (χ4v) is 4.15. The Kier molecular flexibility index (Phi) is 9.13. The van der Waals surface area contributed by atoms with Crippen molar-refractivity contribution in [2.75, 3.05) is 6.61 Å². The maximum absolute atomic E-state index is 12.1. The third kappa shape index (κ3) is 7.35. The summed E-state index contributed by atoms with van der Waals surface area (Å²) >= 11 is 0. The summed E-state index contributed by atoms with van der Waals surface area (Å²) in [5, 5.41) is 3.93. The molecule has 0 saturated carbocycles. The number of hydrogen-bond donors (Lipinski definition) is 0. The molecule has 0 N–H and O–H groups in total. The molecule has 2 rings (SSSR count). The minimum atomic E-state index is -1.33. The molecule has 35 heavy (non-hydrogen) atoms. The van der Waals surface area contributed by atoms with E-state index >= 15 is 0 Å². The van der Waals surface area contributed by atoms with E-state index in [9.17, 15) is 24.0 Å². The highest BCUT2D eigenvalue weighted by Gasteiger charge is 2.56. The minimum absolute atomic E-state index is 0.304. The van der Waals surface area contributed by atoms with Gasteiger partial charge in [-0.15, -0.1) is 0 Å². The molecule has 1 aliphatic carbocycles. The number of carbonyl (C=O) groups is 5. The van der Waals surface area contributed by atoms with Crippen LogP contribution in [0.15, 0.2) is 16.8 Å². The third-order valence-corrected chi connectivity index (χ3v) is 5.65. The van der Waals surface area contributed by atoms with Gasteiger partial charge in [-0.1, -0.05) is 5.16 Å². The fourth-order valence-electron chi connectivity index (χ4n) is 4.15. The number of fused-ring (bicyclic) bond motifs is 2. The number of carbonyl (C=O) groups excluding carboxylic acids is 5. The van der Waals surface area contributed by atoms with Crippen molar-refractivity contribution in [3.63, 3.8) is 0 Å². The molecule has 1 aliphatic heterocycles.